The topological polar surface area (TPSA) is 209 Å². The van der Waals surface area contributed by atoms with Crippen LogP contribution in [0.4, 0.5) is 10.5 Å². The predicted molar refractivity (Wildman–Crippen MR) is 189 cm³/mol. The van der Waals surface area contributed by atoms with Crippen molar-refractivity contribution in [1.29, 1.82) is 0 Å². The van der Waals surface area contributed by atoms with E-state index in [0.717, 1.165) is 16.8 Å². The lowest BCUT2D eigenvalue weighted by molar-refractivity contribution is -0.150. The second kappa shape index (κ2) is 18.2. The Labute approximate surface area is 297 Å². The number of hydrogen-bond acceptors (Lipinski definition) is 7. The van der Waals surface area contributed by atoms with Gasteiger partial charge in [-0.2, -0.15) is 0 Å². The molecule has 0 spiro atoms. The molecule has 0 radical (unpaired) electrons. The van der Waals surface area contributed by atoms with Crippen LogP contribution in [0.5, 0.6) is 0 Å². The Kier molecular flexibility index (Phi) is 13.8. The van der Waals surface area contributed by atoms with Gasteiger partial charge in [0.15, 0.2) is 0 Å². The maximum absolute atomic E-state index is 14.2. The van der Waals surface area contributed by atoms with Gasteiger partial charge in [-0.15, -0.1) is 11.6 Å². The highest BCUT2D eigenvalue weighted by Gasteiger charge is 2.40. The van der Waals surface area contributed by atoms with Crippen molar-refractivity contribution in [3.8, 4) is 0 Å². The van der Waals surface area contributed by atoms with E-state index < -0.39 is 53.8 Å². The molecule has 1 fully saturated rings. The number of fused-ring (bicyclic) bond motifs is 1. The van der Waals surface area contributed by atoms with Gasteiger partial charge < -0.3 is 42.5 Å². The lowest BCUT2D eigenvalue weighted by atomic mass is 9.92. The van der Waals surface area contributed by atoms with Gasteiger partial charge in [0.2, 0.25) is 29.5 Å². The van der Waals surface area contributed by atoms with Gasteiger partial charge in [0, 0.05) is 44.7 Å². The van der Waals surface area contributed by atoms with Crippen molar-refractivity contribution in [3.05, 3.63) is 65.7 Å². The smallest absolute Gasteiger partial charge is 0.312 e. The van der Waals surface area contributed by atoms with E-state index in [1.54, 1.807) is 0 Å². The summed E-state index contributed by atoms with van der Waals surface area (Å²) in [6, 6.07) is 12.3. The molecule has 50 heavy (non-hydrogen) atoms. The van der Waals surface area contributed by atoms with Crippen LogP contribution in [0, 0.1) is 0 Å². The Morgan fingerprint density at radius 3 is 2.40 bits per heavy atom. The average Bonchev–Trinajstić information content (AvgIpc) is 3.53. The number of alkyl halides is 1. The number of anilines is 1. The number of para-hydroxylation sites is 1. The van der Waals surface area contributed by atoms with Gasteiger partial charge in [-0.05, 0) is 55.7 Å². The highest BCUT2D eigenvalue weighted by Crippen LogP contribution is 2.34. The number of piperidine rings is 1. The largest absolute Gasteiger partial charge is 0.384 e. The maximum atomic E-state index is 14.2. The van der Waals surface area contributed by atoms with Crippen LogP contribution in [0.1, 0.15) is 55.6 Å². The van der Waals surface area contributed by atoms with E-state index in [4.69, 9.17) is 23.1 Å². The first-order valence-electron chi connectivity index (χ1n) is 16.9. The Balaban J connectivity index is 1.56. The fourth-order valence-corrected chi connectivity index (χ4v) is 6.77. The number of hydrogen-bond donors (Lipinski definition) is 6. The van der Waals surface area contributed by atoms with Gasteiger partial charge in [0.05, 0.1) is 0 Å². The SMILES string of the molecule is CN(C(=O)CCl)[C@@H](Cc1ccccc1)C(=O)N1CCCC[C@H]1C(=O)N[C@@H](CC1CNc2ccccc21)C(=O)N[C@@H](CCCNC(N)=O)C(N)=O. The Hall–Kier alpha value is -4.85. The molecular weight excluding hydrogens is 664 g/mol. The average molecular weight is 711 g/mol. The second-order valence-electron chi connectivity index (χ2n) is 12.7. The highest BCUT2D eigenvalue weighted by atomic mass is 35.5. The maximum Gasteiger partial charge on any atom is 0.312 e. The summed E-state index contributed by atoms with van der Waals surface area (Å²) in [7, 11) is 1.53. The van der Waals surface area contributed by atoms with Crippen LogP contribution < -0.4 is 32.7 Å². The first-order chi connectivity index (χ1) is 24.0. The number of nitrogens with one attached hydrogen (secondary N) is 4. The zero-order valence-electron chi connectivity index (χ0n) is 28.2. The molecule has 2 aliphatic heterocycles. The fraction of sp³-hybridized carbons (Fsp3) is 0.486. The number of carbonyl (C=O) groups excluding carboxylic acids is 6. The number of likely N-dealkylation sites (tertiary alicyclic amines) is 1. The Morgan fingerprint density at radius 2 is 1.70 bits per heavy atom. The van der Waals surface area contributed by atoms with E-state index in [9.17, 15) is 28.8 Å². The number of rotatable bonds is 16. The van der Waals surface area contributed by atoms with Crippen LogP contribution in [-0.2, 0) is 30.4 Å². The van der Waals surface area contributed by atoms with Crippen LogP contribution in [0.15, 0.2) is 54.6 Å². The van der Waals surface area contributed by atoms with Crippen LogP contribution in [0.3, 0.4) is 0 Å². The number of nitrogens with zero attached hydrogens (tertiary/aromatic N) is 2. The number of primary amides is 2. The summed E-state index contributed by atoms with van der Waals surface area (Å²) in [5.74, 6) is -3.12. The predicted octanol–water partition coefficient (Wildman–Crippen LogP) is 1.18. The van der Waals surface area contributed by atoms with Gasteiger partial charge in [-0.25, -0.2) is 4.79 Å². The van der Waals surface area contributed by atoms with E-state index in [0.29, 0.717) is 38.8 Å². The normalized spacial score (nSPS) is 18.4. The molecule has 7 amide bonds. The lowest BCUT2D eigenvalue weighted by Gasteiger charge is -2.39. The van der Waals surface area contributed by atoms with E-state index in [2.05, 4.69) is 21.3 Å². The zero-order valence-corrected chi connectivity index (χ0v) is 29.0. The third-order valence-electron chi connectivity index (χ3n) is 9.34. The van der Waals surface area contributed by atoms with E-state index in [-0.39, 0.29) is 43.5 Å². The molecule has 5 atom stereocenters. The second-order valence-corrected chi connectivity index (χ2v) is 13.0. The van der Waals surface area contributed by atoms with Crippen molar-refractivity contribution >= 4 is 52.9 Å². The molecule has 270 valence electrons. The lowest BCUT2D eigenvalue weighted by Crippen LogP contribution is -2.60. The van der Waals surface area contributed by atoms with Gasteiger partial charge >= 0.3 is 6.03 Å². The molecule has 1 saturated heterocycles. The fourth-order valence-electron chi connectivity index (χ4n) is 6.58. The zero-order chi connectivity index (χ0) is 36.2. The molecule has 2 aromatic rings. The van der Waals surface area contributed by atoms with Crippen LogP contribution in [0.25, 0.3) is 0 Å². The Morgan fingerprint density at radius 1 is 0.980 bits per heavy atom. The van der Waals surface area contributed by atoms with Crippen molar-refractivity contribution < 1.29 is 28.8 Å². The van der Waals surface area contributed by atoms with Gasteiger partial charge in [0.1, 0.15) is 30.0 Å². The van der Waals surface area contributed by atoms with Crippen molar-refractivity contribution in [2.45, 2.75) is 75.0 Å². The Bertz CT molecular complexity index is 1530. The number of benzene rings is 2. The first-order valence-corrected chi connectivity index (χ1v) is 17.5. The van der Waals surface area contributed by atoms with Crippen LogP contribution in [0.2, 0.25) is 0 Å². The number of halogens is 1. The summed E-state index contributed by atoms with van der Waals surface area (Å²) < 4.78 is 0. The molecular formula is C35H47ClN8O6. The summed E-state index contributed by atoms with van der Waals surface area (Å²) >= 11 is 5.88. The molecule has 0 saturated carbocycles. The number of urea groups is 1. The van der Waals surface area contributed by atoms with Crippen LogP contribution >= 0.6 is 11.6 Å². The monoisotopic (exact) mass is 710 g/mol. The third kappa shape index (κ3) is 10.1. The molecule has 0 aromatic heterocycles. The number of carbonyl (C=O) groups is 6. The van der Waals surface area contributed by atoms with E-state index >= 15 is 0 Å². The minimum Gasteiger partial charge on any atom is -0.384 e. The minimum absolute atomic E-state index is 0.136. The van der Waals surface area contributed by atoms with Crippen molar-refractivity contribution in [2.75, 3.05) is 37.9 Å². The van der Waals surface area contributed by atoms with Gasteiger partial charge in [-0.3, -0.25) is 24.0 Å². The molecule has 15 heteroatoms. The van der Waals surface area contributed by atoms with E-state index in [1.807, 2.05) is 54.6 Å². The molecule has 0 aliphatic carbocycles. The highest BCUT2D eigenvalue weighted by molar-refractivity contribution is 6.27. The van der Waals surface area contributed by atoms with E-state index in [1.165, 1.54) is 16.8 Å². The third-order valence-corrected chi connectivity index (χ3v) is 9.57. The van der Waals surface area contributed by atoms with Gasteiger partial charge in [0.25, 0.3) is 0 Å². The molecule has 4 rings (SSSR count). The summed E-state index contributed by atoms with van der Waals surface area (Å²) in [5, 5.41) is 11.4. The molecule has 2 aliphatic rings. The van der Waals surface area contributed by atoms with Crippen molar-refractivity contribution in [1.82, 2.24) is 25.8 Å². The summed E-state index contributed by atoms with van der Waals surface area (Å²) in [6.45, 7) is 1.01. The summed E-state index contributed by atoms with van der Waals surface area (Å²) in [4.78, 5) is 81.1. The van der Waals surface area contributed by atoms with Crippen LogP contribution in [-0.4, -0.2) is 102 Å². The molecule has 2 heterocycles. The van der Waals surface area contributed by atoms with Crippen molar-refractivity contribution in [3.63, 3.8) is 0 Å². The number of nitrogens with two attached hydrogens (primary N) is 2. The standard InChI is InChI=1S/C35H47ClN8O6/c1-43(30(45)20-36)29(18-22-10-3-2-4-11-22)34(49)44-17-8-7-15-28(44)33(48)42-27(19-23-21-40-25-13-6-5-12-24(23)25)32(47)41-26(31(37)46)14-9-16-39-35(38)50/h2-6,10-13,23,26-29,40H,7-9,14-21H2,1H3,(H2,37,46)(H,41,47)(H,42,48)(H3,38,39,50)/t23?,26-,27-,28-,29-/m0/s1. The quantitative estimate of drug-likeness (QED) is 0.111. The van der Waals surface area contributed by atoms with Crippen molar-refractivity contribution in [2.24, 2.45) is 11.5 Å². The summed E-state index contributed by atoms with van der Waals surface area (Å²) in [5.41, 5.74) is 13.5. The molecule has 1 unspecified atom stereocenters. The number of amides is 7. The summed E-state index contributed by atoms with van der Waals surface area (Å²) in [6.07, 6.45) is 2.60. The molecule has 14 nitrogen and oxygen atoms in total. The molecule has 0 bridgehead atoms. The number of likely N-dealkylation sites (N-methyl/N-ethyl adjacent to an activating group) is 1. The minimum atomic E-state index is -1.08. The van der Waals surface area contributed by atoms with Gasteiger partial charge in [-0.1, -0.05) is 48.5 Å². The molecule has 2 aromatic carbocycles. The first kappa shape index (κ1) is 38.0. The molecule has 8 N–H and O–H groups in total.